The summed E-state index contributed by atoms with van der Waals surface area (Å²) in [6.45, 7) is 8.14. The van der Waals surface area contributed by atoms with E-state index in [1.54, 1.807) is 0 Å². The van der Waals surface area contributed by atoms with E-state index in [9.17, 15) is 8.42 Å². The summed E-state index contributed by atoms with van der Waals surface area (Å²) in [7, 11) is -2.96. The largest absolute Gasteiger partial charge is 0.310 e. The van der Waals surface area contributed by atoms with Gasteiger partial charge in [0.2, 0.25) is 0 Å². The highest BCUT2D eigenvalue weighted by Crippen LogP contribution is 2.40. The molecule has 0 fully saturated rings. The number of hydrogen-bond donors (Lipinski definition) is 1. The second kappa shape index (κ2) is 6.08. The first kappa shape index (κ1) is 16.5. The lowest BCUT2D eigenvalue weighted by atomic mass is 9.74. The first-order valence-electron chi connectivity index (χ1n) is 7.67. The van der Waals surface area contributed by atoms with Crippen LogP contribution in [0, 0.1) is 5.41 Å². The van der Waals surface area contributed by atoms with Crippen molar-refractivity contribution in [1.82, 2.24) is 15.1 Å². The van der Waals surface area contributed by atoms with E-state index in [2.05, 4.69) is 31.2 Å². The standard InChI is InChI=1S/C15H27N3O2S/c1-5-6-16-13-9-15(2,3)10-14-12(13)11-17-18(14)7-8-21(4,19)20/h11,13,16H,5-10H2,1-4H3. The first-order valence-corrected chi connectivity index (χ1v) is 9.73. The lowest BCUT2D eigenvalue weighted by molar-refractivity contribution is 0.251. The fraction of sp³-hybridized carbons (Fsp3) is 0.800. The SMILES string of the molecule is CCCNC1CC(C)(C)Cc2c1cnn2CCS(C)(=O)=O. The van der Waals surface area contributed by atoms with Gasteiger partial charge in [-0.15, -0.1) is 0 Å². The molecule has 1 aromatic heterocycles. The molecule has 0 aliphatic heterocycles. The molecule has 0 aromatic carbocycles. The van der Waals surface area contributed by atoms with E-state index in [-0.39, 0.29) is 11.2 Å². The highest BCUT2D eigenvalue weighted by Gasteiger charge is 2.34. The molecule has 0 spiro atoms. The molecule has 21 heavy (non-hydrogen) atoms. The maximum absolute atomic E-state index is 11.4. The zero-order valence-electron chi connectivity index (χ0n) is 13.5. The molecule has 1 heterocycles. The van der Waals surface area contributed by atoms with Gasteiger partial charge in [-0.25, -0.2) is 8.42 Å². The van der Waals surface area contributed by atoms with Gasteiger partial charge in [-0.2, -0.15) is 5.10 Å². The van der Waals surface area contributed by atoms with Crippen molar-refractivity contribution in [3.63, 3.8) is 0 Å². The second-order valence-electron chi connectivity index (χ2n) is 6.95. The van der Waals surface area contributed by atoms with Crippen LogP contribution in [-0.2, 0) is 22.8 Å². The van der Waals surface area contributed by atoms with Gasteiger partial charge in [0.1, 0.15) is 9.84 Å². The molecule has 0 saturated heterocycles. The van der Waals surface area contributed by atoms with E-state index >= 15 is 0 Å². The van der Waals surface area contributed by atoms with Gasteiger partial charge in [-0.05, 0) is 31.2 Å². The van der Waals surface area contributed by atoms with Gasteiger partial charge in [0.15, 0.2) is 0 Å². The summed E-state index contributed by atoms with van der Waals surface area (Å²) in [6.07, 6.45) is 6.35. The number of sulfone groups is 1. The van der Waals surface area contributed by atoms with Crippen LogP contribution in [0.2, 0.25) is 0 Å². The Kier molecular flexibility index (Phi) is 4.78. The smallest absolute Gasteiger partial charge is 0.149 e. The van der Waals surface area contributed by atoms with Crippen molar-refractivity contribution < 1.29 is 8.42 Å². The molecule has 6 heteroatoms. The summed E-state index contributed by atoms with van der Waals surface area (Å²) in [6, 6.07) is 0.329. The number of aryl methyl sites for hydroxylation is 1. The van der Waals surface area contributed by atoms with Crippen LogP contribution in [0.5, 0.6) is 0 Å². The van der Waals surface area contributed by atoms with E-state index in [0.717, 1.165) is 25.8 Å². The third-order valence-electron chi connectivity index (χ3n) is 4.07. The number of nitrogens with one attached hydrogen (secondary N) is 1. The Balaban J connectivity index is 2.23. The minimum atomic E-state index is -2.96. The molecule has 0 bridgehead atoms. The van der Waals surface area contributed by atoms with Gasteiger partial charge in [-0.3, -0.25) is 4.68 Å². The lowest BCUT2D eigenvalue weighted by Gasteiger charge is -2.36. The van der Waals surface area contributed by atoms with Crippen LogP contribution in [0.15, 0.2) is 6.20 Å². The maximum atomic E-state index is 11.4. The molecule has 0 radical (unpaired) electrons. The monoisotopic (exact) mass is 313 g/mol. The summed E-state index contributed by atoms with van der Waals surface area (Å²) in [5, 5.41) is 8.03. The van der Waals surface area contributed by atoms with Gasteiger partial charge in [0.05, 0.1) is 18.5 Å². The maximum Gasteiger partial charge on any atom is 0.149 e. The Morgan fingerprint density at radius 3 is 2.81 bits per heavy atom. The summed E-state index contributed by atoms with van der Waals surface area (Å²) in [4.78, 5) is 0. The summed E-state index contributed by atoms with van der Waals surface area (Å²) < 4.78 is 24.6. The van der Waals surface area contributed by atoms with Crippen molar-refractivity contribution in [2.75, 3.05) is 18.6 Å². The molecular weight excluding hydrogens is 286 g/mol. The highest BCUT2D eigenvalue weighted by atomic mass is 32.2. The molecule has 1 unspecified atom stereocenters. The van der Waals surface area contributed by atoms with Crippen molar-refractivity contribution in [2.24, 2.45) is 5.41 Å². The van der Waals surface area contributed by atoms with Crippen LogP contribution in [0.3, 0.4) is 0 Å². The predicted molar refractivity (Wildman–Crippen MR) is 85.1 cm³/mol. The summed E-state index contributed by atoms with van der Waals surface area (Å²) >= 11 is 0. The van der Waals surface area contributed by atoms with Crippen molar-refractivity contribution in [3.05, 3.63) is 17.5 Å². The van der Waals surface area contributed by atoms with Crippen molar-refractivity contribution >= 4 is 9.84 Å². The Morgan fingerprint density at radius 2 is 2.19 bits per heavy atom. The molecule has 1 aliphatic rings. The van der Waals surface area contributed by atoms with E-state index < -0.39 is 9.84 Å². The summed E-state index contributed by atoms with van der Waals surface area (Å²) in [5.41, 5.74) is 2.65. The van der Waals surface area contributed by atoms with Crippen LogP contribution in [0.1, 0.15) is 50.9 Å². The lowest BCUT2D eigenvalue weighted by Crippen LogP contribution is -2.34. The molecule has 1 aliphatic carbocycles. The third kappa shape index (κ3) is 4.30. The molecule has 2 rings (SSSR count). The zero-order valence-corrected chi connectivity index (χ0v) is 14.3. The molecular formula is C15H27N3O2S. The number of rotatable bonds is 6. The number of fused-ring (bicyclic) bond motifs is 1. The average Bonchev–Trinajstić information content (AvgIpc) is 2.74. The van der Waals surface area contributed by atoms with Gasteiger partial charge in [-0.1, -0.05) is 20.8 Å². The topological polar surface area (TPSA) is 64.0 Å². The Morgan fingerprint density at radius 1 is 1.48 bits per heavy atom. The minimum absolute atomic E-state index is 0.147. The molecule has 0 amide bonds. The molecule has 120 valence electrons. The number of hydrogen-bond acceptors (Lipinski definition) is 4. The quantitative estimate of drug-likeness (QED) is 0.872. The third-order valence-corrected chi connectivity index (χ3v) is 5.00. The molecule has 1 N–H and O–H groups in total. The Labute approximate surface area is 128 Å². The fourth-order valence-corrected chi connectivity index (χ4v) is 3.55. The molecule has 5 nitrogen and oxygen atoms in total. The molecule has 0 saturated carbocycles. The number of nitrogens with zero attached hydrogens (tertiary/aromatic N) is 2. The van der Waals surface area contributed by atoms with Crippen LogP contribution < -0.4 is 5.32 Å². The van der Waals surface area contributed by atoms with Gasteiger partial charge in [0.25, 0.3) is 0 Å². The molecule has 1 atom stereocenters. The van der Waals surface area contributed by atoms with E-state index in [0.29, 0.717) is 12.6 Å². The van der Waals surface area contributed by atoms with Crippen LogP contribution in [0.4, 0.5) is 0 Å². The average molecular weight is 313 g/mol. The Hall–Kier alpha value is -0.880. The second-order valence-corrected chi connectivity index (χ2v) is 9.21. The molecule has 1 aromatic rings. The van der Waals surface area contributed by atoms with Crippen molar-refractivity contribution in [2.45, 2.75) is 52.6 Å². The van der Waals surface area contributed by atoms with E-state index in [1.807, 2.05) is 10.9 Å². The normalized spacial score (nSPS) is 21.2. The van der Waals surface area contributed by atoms with E-state index in [4.69, 9.17) is 0 Å². The van der Waals surface area contributed by atoms with Crippen LogP contribution in [-0.4, -0.2) is 36.8 Å². The van der Waals surface area contributed by atoms with Crippen molar-refractivity contribution in [1.29, 1.82) is 0 Å². The van der Waals surface area contributed by atoms with Gasteiger partial charge < -0.3 is 5.32 Å². The summed E-state index contributed by atoms with van der Waals surface area (Å²) in [5.74, 6) is 0.147. The highest BCUT2D eigenvalue weighted by molar-refractivity contribution is 7.90. The van der Waals surface area contributed by atoms with Crippen molar-refractivity contribution in [3.8, 4) is 0 Å². The van der Waals surface area contributed by atoms with E-state index in [1.165, 1.54) is 17.5 Å². The fourth-order valence-electron chi connectivity index (χ4n) is 3.04. The van der Waals surface area contributed by atoms with Crippen LogP contribution in [0.25, 0.3) is 0 Å². The van der Waals surface area contributed by atoms with Gasteiger partial charge in [0, 0.05) is 23.6 Å². The first-order chi connectivity index (χ1) is 9.72. The van der Waals surface area contributed by atoms with Gasteiger partial charge >= 0.3 is 0 Å². The minimum Gasteiger partial charge on any atom is -0.310 e. The predicted octanol–water partition coefficient (Wildman–Crippen LogP) is 1.94. The zero-order chi connectivity index (χ0) is 15.7. The Bertz CT molecular complexity index is 590. The van der Waals surface area contributed by atoms with Crippen LogP contribution >= 0.6 is 0 Å². The number of aromatic nitrogens is 2.